The van der Waals surface area contributed by atoms with Gasteiger partial charge in [0.2, 0.25) is 0 Å². The van der Waals surface area contributed by atoms with Gasteiger partial charge in [-0.25, -0.2) is 9.36 Å². The Morgan fingerprint density at radius 2 is 2.15 bits per heavy atom. The lowest BCUT2D eigenvalue weighted by atomic mass is 10.2. The summed E-state index contributed by atoms with van der Waals surface area (Å²) in [6, 6.07) is 7.26. The molecule has 0 amide bonds. The molecule has 0 radical (unpaired) electrons. The molecule has 0 atom stereocenters. The van der Waals surface area contributed by atoms with Gasteiger partial charge in [-0.1, -0.05) is 17.7 Å². The fraction of sp³-hybridized carbons (Fsp3) is 0.214. The van der Waals surface area contributed by atoms with Crippen molar-refractivity contribution in [3.63, 3.8) is 0 Å². The van der Waals surface area contributed by atoms with Gasteiger partial charge in [0.05, 0.1) is 17.6 Å². The second-order valence-electron chi connectivity index (χ2n) is 4.50. The molecule has 102 valence electrons. The summed E-state index contributed by atoms with van der Waals surface area (Å²) in [6.45, 7) is 4.29. The maximum absolute atomic E-state index is 12.5. The van der Waals surface area contributed by atoms with Crippen molar-refractivity contribution in [2.45, 2.75) is 20.4 Å². The molecule has 20 heavy (non-hydrogen) atoms. The topological polar surface area (TPSA) is 52.7 Å². The third-order valence-electron chi connectivity index (χ3n) is 3.22. The number of fused-ring (bicyclic) bond motifs is 1. The maximum atomic E-state index is 12.5. The Hall–Kier alpha value is -2.14. The summed E-state index contributed by atoms with van der Waals surface area (Å²) in [7, 11) is 0. The number of rotatable bonds is 2. The molecule has 0 saturated heterocycles. The van der Waals surface area contributed by atoms with E-state index >= 15 is 0 Å². The monoisotopic (exact) mass is 288 g/mol. The highest BCUT2D eigenvalue weighted by molar-refractivity contribution is 6.30. The van der Waals surface area contributed by atoms with Gasteiger partial charge >= 0.3 is 0 Å². The second kappa shape index (κ2) is 4.76. The Labute approximate surface area is 120 Å². The number of benzene rings is 1. The first-order valence-corrected chi connectivity index (χ1v) is 6.71. The molecular formula is C14H13ClN4O. The third kappa shape index (κ3) is 1.91. The summed E-state index contributed by atoms with van der Waals surface area (Å²) < 4.78 is 3.06. The summed E-state index contributed by atoms with van der Waals surface area (Å²) in [6.07, 6.45) is 1.67. The van der Waals surface area contributed by atoms with Crippen molar-refractivity contribution in [2.24, 2.45) is 0 Å². The molecular weight excluding hydrogens is 276 g/mol. The van der Waals surface area contributed by atoms with Crippen LogP contribution in [0.5, 0.6) is 0 Å². The van der Waals surface area contributed by atoms with Crippen molar-refractivity contribution in [1.82, 2.24) is 19.6 Å². The van der Waals surface area contributed by atoms with Crippen LogP contribution in [-0.2, 0) is 6.54 Å². The first-order chi connectivity index (χ1) is 9.61. The van der Waals surface area contributed by atoms with Crippen LogP contribution in [0.2, 0.25) is 5.02 Å². The van der Waals surface area contributed by atoms with E-state index in [9.17, 15) is 4.79 Å². The third-order valence-corrected chi connectivity index (χ3v) is 3.45. The highest BCUT2D eigenvalue weighted by Crippen LogP contribution is 2.19. The zero-order valence-electron chi connectivity index (χ0n) is 11.2. The number of hydrogen-bond donors (Lipinski definition) is 0. The molecule has 6 heteroatoms. The summed E-state index contributed by atoms with van der Waals surface area (Å²) in [5, 5.41) is 9.95. The largest absolute Gasteiger partial charge is 0.293 e. The van der Waals surface area contributed by atoms with Crippen molar-refractivity contribution in [3.8, 4) is 5.69 Å². The van der Waals surface area contributed by atoms with E-state index in [1.54, 1.807) is 23.0 Å². The molecule has 0 bridgehead atoms. The van der Waals surface area contributed by atoms with Gasteiger partial charge in [0.1, 0.15) is 5.52 Å². The average Bonchev–Trinajstić information content (AvgIpc) is 2.88. The van der Waals surface area contributed by atoms with Gasteiger partial charge in [-0.3, -0.25) is 4.79 Å². The fourth-order valence-electron chi connectivity index (χ4n) is 2.24. The van der Waals surface area contributed by atoms with Crippen molar-refractivity contribution in [1.29, 1.82) is 0 Å². The summed E-state index contributed by atoms with van der Waals surface area (Å²) in [5.74, 6) is 0. The molecule has 0 aliphatic rings. The number of aryl methyl sites for hydroxylation is 2. The first kappa shape index (κ1) is 12.9. The van der Waals surface area contributed by atoms with E-state index < -0.39 is 0 Å². The summed E-state index contributed by atoms with van der Waals surface area (Å²) >= 11 is 6.01. The number of nitrogens with zero attached hydrogens (tertiary/aromatic N) is 4. The molecule has 0 aliphatic heterocycles. The highest BCUT2D eigenvalue weighted by Gasteiger charge is 2.14. The molecule has 0 saturated carbocycles. The Bertz CT molecular complexity index is 850. The van der Waals surface area contributed by atoms with Gasteiger partial charge in [-0.15, -0.1) is 0 Å². The predicted octanol–water partition coefficient (Wildman–Crippen LogP) is 2.56. The highest BCUT2D eigenvalue weighted by atomic mass is 35.5. The molecule has 5 nitrogen and oxygen atoms in total. The Morgan fingerprint density at radius 1 is 1.35 bits per heavy atom. The second-order valence-corrected chi connectivity index (χ2v) is 4.94. The number of hydrogen-bond acceptors (Lipinski definition) is 3. The van der Waals surface area contributed by atoms with Crippen LogP contribution < -0.4 is 5.56 Å². The van der Waals surface area contributed by atoms with Crippen LogP contribution in [0.25, 0.3) is 16.6 Å². The number of aromatic nitrogens is 4. The molecule has 3 rings (SSSR count). The fourth-order valence-corrected chi connectivity index (χ4v) is 2.42. The van der Waals surface area contributed by atoms with Crippen molar-refractivity contribution in [3.05, 3.63) is 51.5 Å². The van der Waals surface area contributed by atoms with Crippen LogP contribution in [0.4, 0.5) is 0 Å². The summed E-state index contributed by atoms with van der Waals surface area (Å²) in [4.78, 5) is 12.5. The van der Waals surface area contributed by atoms with Crippen LogP contribution in [0, 0.1) is 6.92 Å². The molecule has 3 aromatic rings. The molecule has 0 N–H and O–H groups in total. The van der Waals surface area contributed by atoms with Gasteiger partial charge in [-0.05, 0) is 32.0 Å². The van der Waals surface area contributed by atoms with Gasteiger partial charge in [0, 0.05) is 17.0 Å². The van der Waals surface area contributed by atoms with E-state index in [1.807, 2.05) is 26.0 Å². The number of halogens is 1. The minimum atomic E-state index is -0.148. The first-order valence-electron chi connectivity index (χ1n) is 6.33. The average molecular weight is 289 g/mol. The van der Waals surface area contributed by atoms with Gasteiger partial charge in [0.15, 0.2) is 0 Å². The molecule has 0 unspecified atom stereocenters. The zero-order valence-corrected chi connectivity index (χ0v) is 11.9. The lowest BCUT2D eigenvalue weighted by Crippen LogP contribution is -2.24. The zero-order chi connectivity index (χ0) is 14.3. The lowest BCUT2D eigenvalue weighted by molar-refractivity contribution is 0.612. The standard InChI is InChI=1S/C14H13ClN4O/c1-3-18-14(20)13-12(9(2)17-18)8-16-19(13)11-6-4-5-10(15)7-11/h4-8H,3H2,1-2H3. The van der Waals surface area contributed by atoms with Gasteiger partial charge in [-0.2, -0.15) is 10.2 Å². The normalized spacial score (nSPS) is 11.2. The van der Waals surface area contributed by atoms with Crippen LogP contribution >= 0.6 is 11.6 Å². The van der Waals surface area contributed by atoms with Crippen LogP contribution in [0.15, 0.2) is 35.3 Å². The van der Waals surface area contributed by atoms with E-state index in [0.29, 0.717) is 17.1 Å². The van der Waals surface area contributed by atoms with E-state index in [0.717, 1.165) is 16.8 Å². The van der Waals surface area contributed by atoms with E-state index in [4.69, 9.17) is 11.6 Å². The Morgan fingerprint density at radius 3 is 2.85 bits per heavy atom. The molecule has 0 aliphatic carbocycles. The predicted molar refractivity (Wildman–Crippen MR) is 78.5 cm³/mol. The molecule has 1 aromatic carbocycles. The minimum Gasteiger partial charge on any atom is -0.265 e. The SMILES string of the molecule is CCn1nc(C)c2cnn(-c3cccc(Cl)c3)c2c1=O. The van der Waals surface area contributed by atoms with Crippen molar-refractivity contribution < 1.29 is 0 Å². The van der Waals surface area contributed by atoms with E-state index in [1.165, 1.54) is 4.68 Å². The summed E-state index contributed by atoms with van der Waals surface area (Å²) in [5.41, 5.74) is 1.93. The van der Waals surface area contributed by atoms with E-state index in [-0.39, 0.29) is 5.56 Å². The smallest absolute Gasteiger partial charge is 0.265 e. The lowest BCUT2D eigenvalue weighted by Gasteiger charge is -2.06. The van der Waals surface area contributed by atoms with Crippen molar-refractivity contribution in [2.75, 3.05) is 0 Å². The van der Waals surface area contributed by atoms with E-state index in [2.05, 4.69) is 10.2 Å². The molecule has 2 heterocycles. The van der Waals surface area contributed by atoms with Crippen LogP contribution in [0.1, 0.15) is 12.6 Å². The quantitative estimate of drug-likeness (QED) is 0.728. The molecule has 0 spiro atoms. The minimum absolute atomic E-state index is 0.148. The van der Waals surface area contributed by atoms with Gasteiger partial charge < -0.3 is 0 Å². The molecule has 2 aromatic heterocycles. The van der Waals surface area contributed by atoms with Crippen LogP contribution in [-0.4, -0.2) is 19.6 Å². The molecule has 0 fully saturated rings. The Balaban J connectivity index is 2.38. The van der Waals surface area contributed by atoms with Crippen molar-refractivity contribution >= 4 is 22.5 Å². The van der Waals surface area contributed by atoms with Crippen LogP contribution in [0.3, 0.4) is 0 Å². The maximum Gasteiger partial charge on any atom is 0.293 e. The Kier molecular flexibility index (Phi) is 3.06. The van der Waals surface area contributed by atoms with Gasteiger partial charge in [0.25, 0.3) is 5.56 Å².